The van der Waals surface area contributed by atoms with E-state index >= 15 is 0 Å². The fourth-order valence-electron chi connectivity index (χ4n) is 2.02. The lowest BCUT2D eigenvalue weighted by Gasteiger charge is -2.05. The molecule has 4 N–H and O–H groups in total. The first kappa shape index (κ1) is 15.8. The van der Waals surface area contributed by atoms with E-state index < -0.39 is 0 Å². The van der Waals surface area contributed by atoms with Crippen LogP contribution in [0, 0.1) is 0 Å². The molecule has 0 saturated heterocycles. The molecule has 0 aliphatic rings. The Morgan fingerprint density at radius 3 is 2.36 bits per heavy atom. The molecule has 22 heavy (non-hydrogen) atoms. The lowest BCUT2D eigenvalue weighted by molar-refractivity contribution is 0.415. The molecule has 0 aliphatic heterocycles. The van der Waals surface area contributed by atoms with Crippen molar-refractivity contribution in [3.05, 3.63) is 71.9 Å². The van der Waals surface area contributed by atoms with Crippen LogP contribution in [-0.4, -0.2) is 19.4 Å². The molecule has 4 heteroatoms. The second kappa shape index (κ2) is 8.00. The van der Waals surface area contributed by atoms with Crippen LogP contribution in [0.5, 0.6) is 5.75 Å². The summed E-state index contributed by atoms with van der Waals surface area (Å²) in [6, 6.07) is 17.7. The van der Waals surface area contributed by atoms with E-state index in [-0.39, 0.29) is 0 Å². The molecule has 0 atom stereocenters. The van der Waals surface area contributed by atoms with Crippen LogP contribution in [0.4, 0.5) is 5.69 Å². The second-order valence-corrected chi connectivity index (χ2v) is 4.89. The molecule has 0 heterocycles. The van der Waals surface area contributed by atoms with Gasteiger partial charge < -0.3 is 16.2 Å². The van der Waals surface area contributed by atoms with E-state index in [9.17, 15) is 0 Å². The third kappa shape index (κ3) is 4.75. The molecule has 0 radical (unpaired) electrons. The van der Waals surface area contributed by atoms with Crippen molar-refractivity contribution >= 4 is 11.4 Å². The summed E-state index contributed by atoms with van der Waals surface area (Å²) in [6.45, 7) is 0.316. The first-order valence-electron chi connectivity index (χ1n) is 7.13. The molecule has 0 saturated carbocycles. The predicted molar refractivity (Wildman–Crippen MR) is 91.6 cm³/mol. The normalized spacial score (nSPS) is 12.3. The van der Waals surface area contributed by atoms with Crippen LogP contribution in [0.25, 0.3) is 0 Å². The summed E-state index contributed by atoms with van der Waals surface area (Å²) >= 11 is 0. The number of hydrogen-bond donors (Lipinski definition) is 2. The van der Waals surface area contributed by atoms with Crippen molar-refractivity contribution in [1.82, 2.24) is 0 Å². The summed E-state index contributed by atoms with van der Waals surface area (Å²) in [5.41, 5.74) is 15.0. The Bertz CT molecular complexity index is 646. The number of aliphatic imine (C=N–C) groups is 1. The molecule has 0 unspecified atom stereocenters. The molecule has 0 spiro atoms. The SMILES string of the molecule is COc1ccc(N=C(C=C(N)CN)Cc2ccccc2)cc1. The van der Waals surface area contributed by atoms with Gasteiger partial charge in [0, 0.05) is 24.4 Å². The first-order valence-corrected chi connectivity index (χ1v) is 7.13. The Labute approximate surface area is 131 Å². The number of nitrogens with two attached hydrogens (primary N) is 2. The van der Waals surface area contributed by atoms with Gasteiger partial charge in [0.25, 0.3) is 0 Å². The van der Waals surface area contributed by atoms with Crippen LogP contribution >= 0.6 is 0 Å². The van der Waals surface area contributed by atoms with Gasteiger partial charge in [-0.15, -0.1) is 0 Å². The second-order valence-electron chi connectivity index (χ2n) is 4.89. The van der Waals surface area contributed by atoms with Crippen molar-refractivity contribution in [3.63, 3.8) is 0 Å². The van der Waals surface area contributed by atoms with Gasteiger partial charge >= 0.3 is 0 Å². The lowest BCUT2D eigenvalue weighted by Crippen LogP contribution is -2.13. The van der Waals surface area contributed by atoms with Gasteiger partial charge in [-0.3, -0.25) is 4.99 Å². The van der Waals surface area contributed by atoms with Gasteiger partial charge in [0.1, 0.15) is 5.75 Å². The average molecular weight is 295 g/mol. The molecule has 0 fully saturated rings. The Hall–Kier alpha value is -2.59. The summed E-state index contributed by atoms with van der Waals surface area (Å²) in [5, 5.41) is 0. The van der Waals surface area contributed by atoms with Gasteiger partial charge in [0.15, 0.2) is 0 Å². The van der Waals surface area contributed by atoms with Gasteiger partial charge in [-0.2, -0.15) is 0 Å². The molecule has 2 aromatic carbocycles. The summed E-state index contributed by atoms with van der Waals surface area (Å²) in [6.07, 6.45) is 2.55. The van der Waals surface area contributed by atoms with E-state index in [0.717, 1.165) is 17.1 Å². The van der Waals surface area contributed by atoms with Gasteiger partial charge in [0.2, 0.25) is 0 Å². The smallest absolute Gasteiger partial charge is 0.119 e. The van der Waals surface area contributed by atoms with E-state index in [1.165, 1.54) is 5.56 Å². The van der Waals surface area contributed by atoms with Crippen LogP contribution in [0.15, 0.2) is 71.4 Å². The van der Waals surface area contributed by atoms with Crippen molar-refractivity contribution in [2.45, 2.75) is 6.42 Å². The molecular formula is C18H21N3O. The standard InChI is InChI=1S/C18H21N3O/c1-22-18-9-7-16(8-10-18)21-17(12-15(20)13-19)11-14-5-3-2-4-6-14/h2-10,12H,11,13,19-20H2,1H3. The summed E-state index contributed by atoms with van der Waals surface area (Å²) in [5.74, 6) is 0.806. The Morgan fingerprint density at radius 2 is 1.77 bits per heavy atom. The molecule has 114 valence electrons. The third-order valence-electron chi connectivity index (χ3n) is 3.16. The number of hydrogen-bond acceptors (Lipinski definition) is 4. The average Bonchev–Trinajstić information content (AvgIpc) is 2.56. The van der Waals surface area contributed by atoms with Crippen LogP contribution in [-0.2, 0) is 6.42 Å². The van der Waals surface area contributed by atoms with E-state index in [1.807, 2.05) is 48.5 Å². The quantitative estimate of drug-likeness (QED) is 0.805. The molecule has 2 rings (SSSR count). The molecule has 2 aromatic rings. The Kier molecular flexibility index (Phi) is 5.74. The third-order valence-corrected chi connectivity index (χ3v) is 3.16. The summed E-state index contributed by atoms with van der Waals surface area (Å²) in [4.78, 5) is 4.67. The Morgan fingerprint density at radius 1 is 1.09 bits per heavy atom. The van der Waals surface area contributed by atoms with E-state index in [0.29, 0.717) is 18.7 Å². The fourth-order valence-corrected chi connectivity index (χ4v) is 2.02. The molecule has 0 aromatic heterocycles. The topological polar surface area (TPSA) is 73.6 Å². The number of allylic oxidation sites excluding steroid dienone is 1. The monoisotopic (exact) mass is 295 g/mol. The van der Waals surface area contributed by atoms with Gasteiger partial charge in [0.05, 0.1) is 12.8 Å². The zero-order chi connectivity index (χ0) is 15.8. The van der Waals surface area contributed by atoms with Gasteiger partial charge in [-0.25, -0.2) is 0 Å². The molecule has 0 bridgehead atoms. The minimum atomic E-state index is 0.316. The van der Waals surface area contributed by atoms with Crippen molar-refractivity contribution in [1.29, 1.82) is 0 Å². The number of nitrogens with zero attached hydrogens (tertiary/aromatic N) is 1. The van der Waals surface area contributed by atoms with Crippen molar-refractivity contribution < 1.29 is 4.74 Å². The number of benzene rings is 2. The highest BCUT2D eigenvalue weighted by atomic mass is 16.5. The maximum absolute atomic E-state index is 5.86. The first-order chi connectivity index (χ1) is 10.7. The largest absolute Gasteiger partial charge is 0.497 e. The van der Waals surface area contributed by atoms with E-state index in [1.54, 1.807) is 7.11 Å². The maximum Gasteiger partial charge on any atom is 0.119 e. The zero-order valence-electron chi connectivity index (χ0n) is 12.7. The van der Waals surface area contributed by atoms with Crippen molar-refractivity contribution in [2.24, 2.45) is 16.5 Å². The van der Waals surface area contributed by atoms with Crippen molar-refractivity contribution in [2.75, 3.05) is 13.7 Å². The van der Waals surface area contributed by atoms with E-state index in [2.05, 4.69) is 17.1 Å². The Balaban J connectivity index is 2.28. The highest BCUT2D eigenvalue weighted by Gasteiger charge is 2.01. The highest BCUT2D eigenvalue weighted by Crippen LogP contribution is 2.18. The van der Waals surface area contributed by atoms with Crippen LogP contribution in [0.3, 0.4) is 0 Å². The number of rotatable bonds is 6. The summed E-state index contributed by atoms with van der Waals surface area (Å²) in [7, 11) is 1.64. The molecular weight excluding hydrogens is 274 g/mol. The highest BCUT2D eigenvalue weighted by molar-refractivity contribution is 5.98. The molecule has 4 nitrogen and oxygen atoms in total. The number of ether oxygens (including phenoxy) is 1. The van der Waals surface area contributed by atoms with Gasteiger partial charge in [-0.1, -0.05) is 30.3 Å². The van der Waals surface area contributed by atoms with Crippen molar-refractivity contribution in [3.8, 4) is 5.75 Å². The van der Waals surface area contributed by atoms with Gasteiger partial charge in [-0.05, 0) is 35.9 Å². The summed E-state index contributed by atoms with van der Waals surface area (Å²) < 4.78 is 5.15. The van der Waals surface area contributed by atoms with E-state index in [4.69, 9.17) is 16.2 Å². The molecule has 0 amide bonds. The minimum absolute atomic E-state index is 0.316. The van der Waals surface area contributed by atoms with Crippen LogP contribution < -0.4 is 16.2 Å². The zero-order valence-corrected chi connectivity index (χ0v) is 12.7. The predicted octanol–water partition coefficient (Wildman–Crippen LogP) is 2.81. The molecule has 0 aliphatic carbocycles. The number of methoxy groups -OCH3 is 1. The maximum atomic E-state index is 5.86. The fraction of sp³-hybridized carbons (Fsp3) is 0.167. The lowest BCUT2D eigenvalue weighted by atomic mass is 10.1. The van der Waals surface area contributed by atoms with Crippen LogP contribution in [0.1, 0.15) is 5.56 Å². The van der Waals surface area contributed by atoms with Crippen LogP contribution in [0.2, 0.25) is 0 Å². The minimum Gasteiger partial charge on any atom is -0.497 e.